The lowest BCUT2D eigenvalue weighted by Gasteiger charge is -2.37. The Balaban J connectivity index is 1.74. The number of amidine groups is 1. The van der Waals surface area contributed by atoms with Gasteiger partial charge >= 0.3 is 0 Å². The molecule has 29 heavy (non-hydrogen) atoms. The summed E-state index contributed by atoms with van der Waals surface area (Å²) in [6.45, 7) is 2.29. The SMILES string of the molecule is CN(C)C(=O)c1cnc(N2CCN(/C(=N\O)c3c(Cl)cccc3Cl)CC2)c(Cl)c1. The maximum atomic E-state index is 12.1. The molecular formula is C19H20Cl3N5O2. The van der Waals surface area contributed by atoms with Crippen LogP contribution >= 0.6 is 34.8 Å². The summed E-state index contributed by atoms with van der Waals surface area (Å²) in [7, 11) is 3.35. The number of pyridine rings is 1. The van der Waals surface area contributed by atoms with Crippen molar-refractivity contribution in [1.29, 1.82) is 0 Å². The molecule has 0 bridgehead atoms. The molecule has 1 aliphatic heterocycles. The summed E-state index contributed by atoms with van der Waals surface area (Å²) in [6.07, 6.45) is 1.53. The molecule has 3 rings (SSSR count). The molecule has 0 spiro atoms. The average Bonchev–Trinajstić information content (AvgIpc) is 2.70. The number of amides is 1. The molecule has 1 aromatic heterocycles. The van der Waals surface area contributed by atoms with Crippen LogP contribution in [0.3, 0.4) is 0 Å². The first-order valence-corrected chi connectivity index (χ1v) is 10.0. The fraction of sp³-hybridized carbons (Fsp3) is 0.316. The van der Waals surface area contributed by atoms with Crippen LogP contribution in [0.5, 0.6) is 0 Å². The van der Waals surface area contributed by atoms with Gasteiger partial charge in [0.1, 0.15) is 5.82 Å². The Labute approximate surface area is 184 Å². The van der Waals surface area contributed by atoms with E-state index in [1.165, 1.54) is 11.1 Å². The van der Waals surface area contributed by atoms with Gasteiger partial charge in [-0.15, -0.1) is 0 Å². The maximum Gasteiger partial charge on any atom is 0.254 e. The predicted octanol–water partition coefficient (Wildman–Crippen LogP) is 3.70. The van der Waals surface area contributed by atoms with Crippen molar-refractivity contribution in [3.05, 3.63) is 56.7 Å². The molecule has 2 aromatic rings. The van der Waals surface area contributed by atoms with Crippen molar-refractivity contribution in [1.82, 2.24) is 14.8 Å². The van der Waals surface area contributed by atoms with Crippen LogP contribution in [-0.2, 0) is 0 Å². The fourth-order valence-corrected chi connectivity index (χ4v) is 4.00. The van der Waals surface area contributed by atoms with Crippen LogP contribution in [0.2, 0.25) is 15.1 Å². The molecule has 1 saturated heterocycles. The van der Waals surface area contributed by atoms with Crippen LogP contribution in [0, 0.1) is 0 Å². The number of halogens is 3. The van der Waals surface area contributed by atoms with Gasteiger partial charge in [-0.1, -0.05) is 46.0 Å². The Morgan fingerprint density at radius 2 is 1.72 bits per heavy atom. The zero-order chi connectivity index (χ0) is 21.1. The molecule has 0 aliphatic carbocycles. The number of hydrogen-bond donors (Lipinski definition) is 1. The van der Waals surface area contributed by atoms with Crippen molar-refractivity contribution in [3.63, 3.8) is 0 Å². The van der Waals surface area contributed by atoms with Gasteiger partial charge in [0.2, 0.25) is 0 Å². The second kappa shape index (κ2) is 9.07. The second-order valence-corrected chi connectivity index (χ2v) is 7.94. The number of hydrogen-bond acceptors (Lipinski definition) is 5. The normalized spacial score (nSPS) is 14.9. The van der Waals surface area contributed by atoms with Gasteiger partial charge in [-0.3, -0.25) is 4.79 Å². The van der Waals surface area contributed by atoms with Gasteiger partial charge in [0.15, 0.2) is 5.84 Å². The van der Waals surface area contributed by atoms with E-state index in [0.717, 1.165) is 0 Å². The predicted molar refractivity (Wildman–Crippen MR) is 116 cm³/mol. The van der Waals surface area contributed by atoms with Crippen molar-refractivity contribution in [2.45, 2.75) is 0 Å². The molecule has 2 heterocycles. The molecule has 7 nitrogen and oxygen atoms in total. The lowest BCUT2D eigenvalue weighted by Crippen LogP contribution is -2.49. The van der Waals surface area contributed by atoms with E-state index >= 15 is 0 Å². The largest absolute Gasteiger partial charge is 0.409 e. The summed E-state index contributed by atoms with van der Waals surface area (Å²) < 4.78 is 0. The van der Waals surface area contributed by atoms with Gasteiger partial charge in [0.05, 0.1) is 26.2 Å². The van der Waals surface area contributed by atoms with Crippen molar-refractivity contribution in [3.8, 4) is 0 Å². The third-order valence-electron chi connectivity index (χ3n) is 4.63. The van der Waals surface area contributed by atoms with Crippen LogP contribution in [-0.4, -0.2) is 72.0 Å². The fourth-order valence-electron chi connectivity index (χ4n) is 3.15. The van der Waals surface area contributed by atoms with Crippen molar-refractivity contribution < 1.29 is 10.0 Å². The minimum atomic E-state index is -0.156. The first kappa shape index (κ1) is 21.5. The van der Waals surface area contributed by atoms with Crippen LogP contribution < -0.4 is 4.90 Å². The summed E-state index contributed by atoms with van der Waals surface area (Å²) in [6, 6.07) is 6.76. The van der Waals surface area contributed by atoms with E-state index < -0.39 is 0 Å². The number of anilines is 1. The minimum Gasteiger partial charge on any atom is -0.409 e. The van der Waals surface area contributed by atoms with Gasteiger partial charge in [-0.05, 0) is 18.2 Å². The van der Waals surface area contributed by atoms with Crippen LogP contribution in [0.1, 0.15) is 15.9 Å². The van der Waals surface area contributed by atoms with Gasteiger partial charge in [-0.25, -0.2) is 4.98 Å². The standard InChI is InChI=1S/C19H20Cl3N5O2/c1-25(2)19(28)12-10-15(22)17(23-11-12)26-6-8-27(9-7-26)18(24-29)16-13(20)4-3-5-14(16)21/h3-5,10-11,29H,6-9H2,1-2H3/b24-18-. The van der Waals surface area contributed by atoms with Gasteiger partial charge in [0.25, 0.3) is 5.91 Å². The van der Waals surface area contributed by atoms with E-state index in [4.69, 9.17) is 34.8 Å². The summed E-state index contributed by atoms with van der Waals surface area (Å²) in [5.74, 6) is 0.780. The lowest BCUT2D eigenvalue weighted by molar-refractivity contribution is 0.0827. The number of rotatable bonds is 3. The summed E-state index contributed by atoms with van der Waals surface area (Å²) in [5.41, 5.74) is 0.930. The molecular weight excluding hydrogens is 437 g/mol. The van der Waals surface area contributed by atoms with E-state index in [0.29, 0.717) is 64.0 Å². The number of piperazine rings is 1. The second-order valence-electron chi connectivity index (χ2n) is 6.72. The highest BCUT2D eigenvalue weighted by Crippen LogP contribution is 2.29. The number of oxime groups is 1. The Hall–Kier alpha value is -2.22. The highest BCUT2D eigenvalue weighted by atomic mass is 35.5. The highest BCUT2D eigenvalue weighted by molar-refractivity contribution is 6.40. The zero-order valence-corrected chi connectivity index (χ0v) is 18.2. The zero-order valence-electron chi connectivity index (χ0n) is 15.9. The molecule has 0 radical (unpaired) electrons. The number of benzene rings is 1. The van der Waals surface area contributed by atoms with Crippen molar-refractivity contribution in [2.24, 2.45) is 5.16 Å². The summed E-state index contributed by atoms with van der Waals surface area (Å²) >= 11 is 18.9. The summed E-state index contributed by atoms with van der Waals surface area (Å²) in [4.78, 5) is 21.9. The number of aromatic nitrogens is 1. The molecule has 0 unspecified atom stereocenters. The van der Waals surface area contributed by atoms with Crippen molar-refractivity contribution in [2.75, 3.05) is 45.2 Å². The molecule has 10 heteroatoms. The Bertz CT molecular complexity index is 923. The molecule has 1 aromatic carbocycles. The average molecular weight is 457 g/mol. The van der Waals surface area contributed by atoms with E-state index in [9.17, 15) is 10.0 Å². The van der Waals surface area contributed by atoms with Gasteiger partial charge < -0.3 is 19.9 Å². The molecule has 154 valence electrons. The topological polar surface area (TPSA) is 72.3 Å². The Kier molecular flexibility index (Phi) is 6.72. The monoisotopic (exact) mass is 455 g/mol. The van der Waals surface area contributed by atoms with Crippen molar-refractivity contribution >= 4 is 52.4 Å². The third-order valence-corrected chi connectivity index (χ3v) is 5.54. The lowest BCUT2D eigenvalue weighted by atomic mass is 10.1. The van der Waals surface area contributed by atoms with E-state index in [2.05, 4.69) is 10.1 Å². The number of carbonyl (C=O) groups is 1. The molecule has 1 aliphatic rings. The van der Waals surface area contributed by atoms with Crippen LogP contribution in [0.4, 0.5) is 5.82 Å². The quantitative estimate of drug-likeness (QED) is 0.330. The third kappa shape index (κ3) is 4.52. The molecule has 1 N–H and O–H groups in total. The number of carbonyl (C=O) groups excluding carboxylic acids is 1. The Morgan fingerprint density at radius 1 is 1.10 bits per heavy atom. The molecule has 1 fully saturated rings. The smallest absolute Gasteiger partial charge is 0.254 e. The van der Waals surface area contributed by atoms with E-state index in [1.54, 1.807) is 38.4 Å². The number of nitrogens with zero attached hydrogens (tertiary/aromatic N) is 5. The molecule has 0 atom stereocenters. The first-order chi connectivity index (χ1) is 13.8. The molecule has 1 amide bonds. The molecule has 0 saturated carbocycles. The summed E-state index contributed by atoms with van der Waals surface area (Å²) in [5, 5.41) is 14.3. The highest BCUT2D eigenvalue weighted by Gasteiger charge is 2.26. The van der Waals surface area contributed by atoms with Gasteiger partial charge in [-0.2, -0.15) is 0 Å². The van der Waals surface area contributed by atoms with Gasteiger partial charge in [0, 0.05) is 46.5 Å². The maximum absolute atomic E-state index is 12.1. The first-order valence-electron chi connectivity index (χ1n) is 8.87. The van der Waals surface area contributed by atoms with Crippen LogP contribution in [0.25, 0.3) is 0 Å². The Morgan fingerprint density at radius 3 is 2.24 bits per heavy atom. The minimum absolute atomic E-state index is 0.156. The van der Waals surface area contributed by atoms with Crippen LogP contribution in [0.15, 0.2) is 35.6 Å². The van der Waals surface area contributed by atoms with E-state index in [-0.39, 0.29) is 5.91 Å². The van der Waals surface area contributed by atoms with E-state index in [1.807, 2.05) is 9.80 Å².